The number of nitrogens with zero attached hydrogens (tertiary/aromatic N) is 3. The van der Waals surface area contributed by atoms with Crippen LogP contribution in [-0.2, 0) is 6.54 Å². The molecule has 2 heterocycles. The zero-order valence-electron chi connectivity index (χ0n) is 8.76. The SMILES string of the molecule is O=c1[nH]nc(C2CC2)cc1Cn1cccn1. The van der Waals surface area contributed by atoms with Crippen molar-refractivity contribution in [2.75, 3.05) is 0 Å². The number of aromatic amines is 1. The molecule has 3 rings (SSSR count). The molecule has 5 heteroatoms. The van der Waals surface area contributed by atoms with Gasteiger partial charge in [-0.25, -0.2) is 5.10 Å². The minimum atomic E-state index is -0.125. The van der Waals surface area contributed by atoms with Crippen molar-refractivity contribution < 1.29 is 0 Å². The molecule has 1 aliphatic rings. The Labute approximate surface area is 92.1 Å². The van der Waals surface area contributed by atoms with Gasteiger partial charge >= 0.3 is 0 Å². The fourth-order valence-electron chi connectivity index (χ4n) is 1.74. The molecule has 0 saturated heterocycles. The Hall–Kier alpha value is -1.91. The zero-order chi connectivity index (χ0) is 11.0. The molecule has 0 spiro atoms. The molecule has 0 aromatic carbocycles. The third-order valence-electron chi connectivity index (χ3n) is 2.79. The third kappa shape index (κ3) is 1.76. The van der Waals surface area contributed by atoms with Crippen LogP contribution in [0.5, 0.6) is 0 Å². The lowest BCUT2D eigenvalue weighted by Crippen LogP contribution is -2.18. The van der Waals surface area contributed by atoms with Crippen molar-refractivity contribution in [1.29, 1.82) is 0 Å². The summed E-state index contributed by atoms with van der Waals surface area (Å²) in [5.74, 6) is 0.549. The van der Waals surface area contributed by atoms with Crippen LogP contribution in [0.4, 0.5) is 0 Å². The normalized spacial score (nSPS) is 15.2. The maximum absolute atomic E-state index is 11.6. The molecule has 0 radical (unpaired) electrons. The lowest BCUT2D eigenvalue weighted by Gasteiger charge is -2.02. The standard InChI is InChI=1S/C11H12N4O/c16-11-9(7-15-5-1-4-12-15)6-10(13-14-11)8-2-3-8/h1,4-6,8H,2-3,7H2,(H,14,16). The van der Waals surface area contributed by atoms with E-state index >= 15 is 0 Å². The first kappa shape index (κ1) is 9.33. The number of hydrogen-bond acceptors (Lipinski definition) is 3. The van der Waals surface area contributed by atoms with E-state index in [1.807, 2.05) is 18.3 Å². The minimum absolute atomic E-state index is 0.125. The molecule has 0 atom stereocenters. The van der Waals surface area contributed by atoms with Crippen molar-refractivity contribution in [2.45, 2.75) is 25.3 Å². The molecule has 2 aromatic rings. The summed E-state index contributed by atoms with van der Waals surface area (Å²) in [5.41, 5.74) is 1.60. The smallest absolute Gasteiger partial charge is 0.268 e. The average molecular weight is 216 g/mol. The fourth-order valence-corrected chi connectivity index (χ4v) is 1.74. The monoisotopic (exact) mass is 216 g/mol. The molecular formula is C11H12N4O. The zero-order valence-corrected chi connectivity index (χ0v) is 8.76. The molecule has 5 nitrogen and oxygen atoms in total. The van der Waals surface area contributed by atoms with Gasteiger partial charge in [-0.3, -0.25) is 9.48 Å². The highest BCUT2D eigenvalue weighted by Gasteiger charge is 2.25. The van der Waals surface area contributed by atoms with Crippen LogP contribution in [0.15, 0.2) is 29.3 Å². The molecule has 2 aromatic heterocycles. The van der Waals surface area contributed by atoms with E-state index in [1.165, 1.54) is 12.8 Å². The van der Waals surface area contributed by atoms with Crippen molar-refractivity contribution in [1.82, 2.24) is 20.0 Å². The first-order valence-corrected chi connectivity index (χ1v) is 5.39. The van der Waals surface area contributed by atoms with Crippen LogP contribution in [0.3, 0.4) is 0 Å². The molecule has 1 fully saturated rings. The molecule has 0 aliphatic heterocycles. The molecule has 82 valence electrons. The van der Waals surface area contributed by atoms with Crippen LogP contribution in [0.1, 0.15) is 30.0 Å². The Balaban J connectivity index is 1.92. The topological polar surface area (TPSA) is 63.6 Å². The van der Waals surface area contributed by atoms with Crippen molar-refractivity contribution >= 4 is 0 Å². The van der Waals surface area contributed by atoms with Crippen LogP contribution in [0.2, 0.25) is 0 Å². The molecular weight excluding hydrogens is 204 g/mol. The predicted octanol–water partition coefficient (Wildman–Crippen LogP) is 0.892. The highest BCUT2D eigenvalue weighted by atomic mass is 16.1. The van der Waals surface area contributed by atoms with E-state index in [4.69, 9.17) is 0 Å². The summed E-state index contributed by atoms with van der Waals surface area (Å²) in [4.78, 5) is 11.6. The van der Waals surface area contributed by atoms with Crippen LogP contribution in [0.25, 0.3) is 0 Å². The predicted molar refractivity (Wildman–Crippen MR) is 58.2 cm³/mol. The summed E-state index contributed by atoms with van der Waals surface area (Å²) in [7, 11) is 0. The minimum Gasteiger partial charge on any atom is -0.268 e. The quantitative estimate of drug-likeness (QED) is 0.828. The average Bonchev–Trinajstić information content (AvgIpc) is 3.01. The number of H-pyrrole nitrogens is 1. The molecule has 1 aliphatic carbocycles. The van der Waals surface area contributed by atoms with Gasteiger partial charge in [-0.1, -0.05) is 0 Å². The van der Waals surface area contributed by atoms with E-state index < -0.39 is 0 Å². The molecule has 0 unspecified atom stereocenters. The molecule has 1 N–H and O–H groups in total. The van der Waals surface area contributed by atoms with E-state index in [9.17, 15) is 4.79 Å². The Kier molecular flexibility index (Phi) is 2.09. The van der Waals surface area contributed by atoms with Gasteiger partial charge in [0.1, 0.15) is 0 Å². The van der Waals surface area contributed by atoms with Crippen molar-refractivity contribution in [3.63, 3.8) is 0 Å². The second-order valence-electron chi connectivity index (χ2n) is 4.13. The third-order valence-corrected chi connectivity index (χ3v) is 2.79. The summed E-state index contributed by atoms with van der Waals surface area (Å²) in [5, 5.41) is 10.7. The lowest BCUT2D eigenvalue weighted by molar-refractivity contribution is 0.673. The first-order valence-electron chi connectivity index (χ1n) is 5.39. The van der Waals surface area contributed by atoms with E-state index in [1.54, 1.807) is 10.9 Å². The van der Waals surface area contributed by atoms with Gasteiger partial charge < -0.3 is 0 Å². The Morgan fingerprint density at radius 2 is 2.38 bits per heavy atom. The van der Waals surface area contributed by atoms with E-state index in [-0.39, 0.29) is 5.56 Å². The van der Waals surface area contributed by atoms with Gasteiger partial charge in [0.2, 0.25) is 0 Å². The molecule has 16 heavy (non-hydrogen) atoms. The summed E-state index contributed by atoms with van der Waals surface area (Å²) in [6.07, 6.45) is 5.91. The second-order valence-corrected chi connectivity index (χ2v) is 4.13. The van der Waals surface area contributed by atoms with E-state index in [0.29, 0.717) is 12.5 Å². The number of hydrogen-bond donors (Lipinski definition) is 1. The van der Waals surface area contributed by atoms with Gasteiger partial charge in [-0.05, 0) is 25.0 Å². The van der Waals surface area contributed by atoms with Crippen molar-refractivity contribution in [3.8, 4) is 0 Å². The highest BCUT2D eigenvalue weighted by Crippen LogP contribution is 2.38. The van der Waals surface area contributed by atoms with Crippen LogP contribution in [-0.4, -0.2) is 20.0 Å². The number of nitrogens with one attached hydrogen (secondary N) is 1. The summed E-state index contributed by atoms with van der Waals surface area (Å²) in [6, 6.07) is 3.75. The first-order chi connectivity index (χ1) is 7.83. The van der Waals surface area contributed by atoms with Crippen LogP contribution >= 0.6 is 0 Å². The molecule has 0 amide bonds. The highest BCUT2D eigenvalue weighted by molar-refractivity contribution is 5.19. The van der Waals surface area contributed by atoms with Crippen molar-refractivity contribution in [2.24, 2.45) is 0 Å². The Morgan fingerprint density at radius 3 is 3.06 bits per heavy atom. The van der Waals surface area contributed by atoms with Gasteiger partial charge in [0, 0.05) is 23.9 Å². The Bertz CT molecular complexity index is 539. The largest absolute Gasteiger partial charge is 0.269 e. The van der Waals surface area contributed by atoms with E-state index in [0.717, 1.165) is 11.3 Å². The summed E-state index contributed by atoms with van der Waals surface area (Å²) < 4.78 is 1.74. The lowest BCUT2D eigenvalue weighted by atomic mass is 10.2. The summed E-state index contributed by atoms with van der Waals surface area (Å²) >= 11 is 0. The van der Waals surface area contributed by atoms with Crippen LogP contribution in [0, 0.1) is 0 Å². The second kappa shape index (κ2) is 3.59. The molecule has 0 bridgehead atoms. The fraction of sp³-hybridized carbons (Fsp3) is 0.364. The molecule has 1 saturated carbocycles. The van der Waals surface area contributed by atoms with Gasteiger partial charge in [0.15, 0.2) is 0 Å². The van der Waals surface area contributed by atoms with Crippen molar-refractivity contribution in [3.05, 3.63) is 46.1 Å². The van der Waals surface area contributed by atoms with Gasteiger partial charge in [0.25, 0.3) is 5.56 Å². The van der Waals surface area contributed by atoms with Gasteiger partial charge in [-0.2, -0.15) is 10.2 Å². The maximum atomic E-state index is 11.6. The number of aromatic nitrogens is 4. The van der Waals surface area contributed by atoms with Gasteiger partial charge in [-0.15, -0.1) is 0 Å². The van der Waals surface area contributed by atoms with Gasteiger partial charge in [0.05, 0.1) is 12.2 Å². The number of rotatable bonds is 3. The maximum Gasteiger partial charge on any atom is 0.269 e. The van der Waals surface area contributed by atoms with E-state index in [2.05, 4.69) is 15.3 Å². The Morgan fingerprint density at radius 1 is 1.50 bits per heavy atom. The van der Waals surface area contributed by atoms with Crippen LogP contribution < -0.4 is 5.56 Å². The summed E-state index contributed by atoms with van der Waals surface area (Å²) in [6.45, 7) is 0.505.